The van der Waals surface area contributed by atoms with Crippen LogP contribution in [0.3, 0.4) is 0 Å². The molecule has 3 fully saturated rings. The van der Waals surface area contributed by atoms with Gasteiger partial charge in [0.1, 0.15) is 0 Å². The van der Waals surface area contributed by atoms with E-state index >= 15 is 0 Å². The molecule has 0 aromatic heterocycles. The predicted octanol–water partition coefficient (Wildman–Crippen LogP) is 2.72. The Morgan fingerprint density at radius 1 is 0.952 bits per heavy atom. The van der Waals surface area contributed by atoms with Crippen LogP contribution in [0.25, 0.3) is 0 Å². The fourth-order valence-corrected chi connectivity index (χ4v) is 5.15. The third-order valence-corrected chi connectivity index (χ3v) is 6.16. The van der Waals surface area contributed by atoms with Crippen molar-refractivity contribution >= 4 is 0 Å². The highest BCUT2D eigenvalue weighted by molar-refractivity contribution is 4.90. The molecular weight excluding hydrogens is 258 g/mol. The summed E-state index contributed by atoms with van der Waals surface area (Å²) in [6.07, 6.45) is 13.0. The molecule has 0 aromatic rings. The van der Waals surface area contributed by atoms with Crippen molar-refractivity contribution in [3.63, 3.8) is 0 Å². The first-order chi connectivity index (χ1) is 10.3. The molecule has 0 radical (unpaired) electrons. The lowest BCUT2D eigenvalue weighted by Gasteiger charge is -2.38. The lowest BCUT2D eigenvalue weighted by molar-refractivity contribution is 0.120. The fraction of sp³-hybridized carbons (Fsp3) is 1.00. The molecule has 1 saturated carbocycles. The molecule has 0 amide bonds. The smallest absolute Gasteiger partial charge is 0.0223 e. The van der Waals surface area contributed by atoms with Crippen LogP contribution in [0.2, 0.25) is 0 Å². The quantitative estimate of drug-likeness (QED) is 0.804. The highest BCUT2D eigenvalue weighted by Gasteiger charge is 2.35. The van der Waals surface area contributed by atoms with Crippen molar-refractivity contribution in [2.45, 2.75) is 63.8 Å². The van der Waals surface area contributed by atoms with Crippen molar-refractivity contribution in [1.29, 1.82) is 0 Å². The maximum Gasteiger partial charge on any atom is 0.0223 e. The standard InChI is InChI=1S/C18H35N3/c1-19-15-18(9-4-2-3-5-10-18)16-20-11-7-13-21-12-6-8-17(21)14-20/h17,19H,2-16H2,1H3. The number of nitrogens with one attached hydrogen (secondary N) is 1. The largest absolute Gasteiger partial charge is 0.319 e. The van der Waals surface area contributed by atoms with Gasteiger partial charge < -0.3 is 10.2 Å². The molecule has 1 N–H and O–H groups in total. The van der Waals surface area contributed by atoms with E-state index in [9.17, 15) is 0 Å². The summed E-state index contributed by atoms with van der Waals surface area (Å²) in [5.41, 5.74) is 0.555. The topological polar surface area (TPSA) is 18.5 Å². The molecule has 3 rings (SSSR count). The zero-order chi connectivity index (χ0) is 14.5. The predicted molar refractivity (Wildman–Crippen MR) is 89.7 cm³/mol. The second-order valence-corrected chi connectivity index (χ2v) is 7.87. The molecule has 0 spiro atoms. The minimum atomic E-state index is 0.555. The van der Waals surface area contributed by atoms with Gasteiger partial charge in [-0.2, -0.15) is 0 Å². The summed E-state index contributed by atoms with van der Waals surface area (Å²) in [4.78, 5) is 5.59. The number of fused-ring (bicyclic) bond motifs is 1. The first-order valence-electron chi connectivity index (χ1n) is 9.42. The van der Waals surface area contributed by atoms with Crippen molar-refractivity contribution < 1.29 is 0 Å². The Morgan fingerprint density at radius 3 is 2.48 bits per heavy atom. The summed E-state index contributed by atoms with van der Waals surface area (Å²) in [6, 6.07) is 0.866. The summed E-state index contributed by atoms with van der Waals surface area (Å²) in [5.74, 6) is 0. The van der Waals surface area contributed by atoms with Crippen molar-refractivity contribution in [3.05, 3.63) is 0 Å². The van der Waals surface area contributed by atoms with E-state index in [2.05, 4.69) is 22.2 Å². The Balaban J connectivity index is 1.63. The van der Waals surface area contributed by atoms with Crippen LogP contribution in [0, 0.1) is 5.41 Å². The fourth-order valence-electron chi connectivity index (χ4n) is 5.15. The third kappa shape index (κ3) is 4.00. The number of hydrogen-bond donors (Lipinski definition) is 1. The molecule has 21 heavy (non-hydrogen) atoms. The van der Waals surface area contributed by atoms with E-state index in [-0.39, 0.29) is 0 Å². The number of nitrogens with zero attached hydrogens (tertiary/aromatic N) is 2. The zero-order valence-electron chi connectivity index (χ0n) is 14.1. The van der Waals surface area contributed by atoms with Gasteiger partial charge in [-0.05, 0) is 64.2 Å². The third-order valence-electron chi connectivity index (χ3n) is 6.16. The van der Waals surface area contributed by atoms with Crippen LogP contribution in [0.1, 0.15) is 57.8 Å². The molecule has 122 valence electrons. The summed E-state index contributed by atoms with van der Waals surface area (Å²) >= 11 is 0. The van der Waals surface area contributed by atoms with E-state index in [1.54, 1.807) is 0 Å². The molecule has 2 heterocycles. The summed E-state index contributed by atoms with van der Waals surface area (Å²) in [5, 5.41) is 3.52. The normalized spacial score (nSPS) is 31.6. The Labute approximate surface area is 131 Å². The maximum atomic E-state index is 3.52. The Morgan fingerprint density at radius 2 is 1.71 bits per heavy atom. The van der Waals surface area contributed by atoms with Gasteiger partial charge in [0.15, 0.2) is 0 Å². The van der Waals surface area contributed by atoms with Gasteiger partial charge in [-0.1, -0.05) is 25.7 Å². The van der Waals surface area contributed by atoms with Crippen LogP contribution in [0.5, 0.6) is 0 Å². The van der Waals surface area contributed by atoms with Crippen LogP contribution in [0.4, 0.5) is 0 Å². The van der Waals surface area contributed by atoms with E-state index in [0.29, 0.717) is 5.41 Å². The van der Waals surface area contributed by atoms with E-state index in [1.807, 2.05) is 0 Å². The van der Waals surface area contributed by atoms with Crippen molar-refractivity contribution in [3.8, 4) is 0 Å². The molecule has 1 atom stereocenters. The summed E-state index contributed by atoms with van der Waals surface area (Å²) in [6.45, 7) is 7.94. The Bertz CT molecular complexity index is 310. The highest BCUT2D eigenvalue weighted by atomic mass is 15.3. The van der Waals surface area contributed by atoms with Crippen LogP contribution in [-0.2, 0) is 0 Å². The van der Waals surface area contributed by atoms with Gasteiger partial charge in [-0.3, -0.25) is 4.90 Å². The van der Waals surface area contributed by atoms with Gasteiger partial charge in [0.2, 0.25) is 0 Å². The lowest BCUT2D eigenvalue weighted by atomic mass is 9.79. The average molecular weight is 293 g/mol. The summed E-state index contributed by atoms with van der Waals surface area (Å²) < 4.78 is 0. The molecule has 0 bridgehead atoms. The SMILES string of the molecule is CNCC1(CN2CCCN3CCCC3C2)CCCCCC1. The zero-order valence-corrected chi connectivity index (χ0v) is 14.1. The van der Waals surface area contributed by atoms with Crippen molar-refractivity contribution in [2.24, 2.45) is 5.41 Å². The summed E-state index contributed by atoms with van der Waals surface area (Å²) in [7, 11) is 2.15. The van der Waals surface area contributed by atoms with Crippen LogP contribution >= 0.6 is 0 Å². The van der Waals surface area contributed by atoms with Gasteiger partial charge in [-0.25, -0.2) is 0 Å². The van der Waals surface area contributed by atoms with Crippen LogP contribution < -0.4 is 5.32 Å². The van der Waals surface area contributed by atoms with E-state index in [4.69, 9.17) is 0 Å². The first-order valence-corrected chi connectivity index (χ1v) is 9.42. The second-order valence-electron chi connectivity index (χ2n) is 7.87. The van der Waals surface area contributed by atoms with Gasteiger partial charge in [0.05, 0.1) is 0 Å². The molecular formula is C18H35N3. The maximum absolute atomic E-state index is 3.52. The van der Waals surface area contributed by atoms with Gasteiger partial charge >= 0.3 is 0 Å². The lowest BCUT2D eigenvalue weighted by Crippen LogP contribution is -2.46. The monoisotopic (exact) mass is 293 g/mol. The molecule has 1 unspecified atom stereocenters. The molecule has 3 heteroatoms. The van der Waals surface area contributed by atoms with Gasteiger partial charge in [0.25, 0.3) is 0 Å². The molecule has 0 aromatic carbocycles. The Hall–Kier alpha value is -0.120. The van der Waals surface area contributed by atoms with E-state index in [1.165, 1.54) is 97.1 Å². The number of hydrogen-bond acceptors (Lipinski definition) is 3. The molecule has 3 nitrogen and oxygen atoms in total. The first kappa shape index (κ1) is 15.8. The van der Waals surface area contributed by atoms with E-state index in [0.717, 1.165) is 6.04 Å². The second kappa shape index (κ2) is 7.43. The Kier molecular flexibility index (Phi) is 5.58. The molecule has 2 aliphatic heterocycles. The number of rotatable bonds is 4. The van der Waals surface area contributed by atoms with E-state index < -0.39 is 0 Å². The van der Waals surface area contributed by atoms with Gasteiger partial charge in [0, 0.05) is 25.7 Å². The van der Waals surface area contributed by atoms with Crippen LogP contribution in [0.15, 0.2) is 0 Å². The van der Waals surface area contributed by atoms with Crippen LogP contribution in [-0.4, -0.2) is 62.2 Å². The van der Waals surface area contributed by atoms with Crippen molar-refractivity contribution in [2.75, 3.05) is 46.3 Å². The van der Waals surface area contributed by atoms with Gasteiger partial charge in [-0.15, -0.1) is 0 Å². The molecule has 3 aliphatic rings. The minimum Gasteiger partial charge on any atom is -0.319 e. The molecule has 1 aliphatic carbocycles. The highest BCUT2D eigenvalue weighted by Crippen LogP contribution is 2.36. The van der Waals surface area contributed by atoms with Crippen molar-refractivity contribution in [1.82, 2.24) is 15.1 Å². The average Bonchev–Trinajstić information content (AvgIpc) is 2.68. The minimum absolute atomic E-state index is 0.555. The molecule has 2 saturated heterocycles.